The van der Waals surface area contributed by atoms with Crippen LogP contribution in [0.2, 0.25) is 0 Å². The number of carbonyl (C=O) groups is 2. The van der Waals surface area contributed by atoms with Gasteiger partial charge in [-0.05, 0) is 60.6 Å². The molecule has 0 bridgehead atoms. The van der Waals surface area contributed by atoms with Gasteiger partial charge in [-0.3, -0.25) is 20.4 Å². The molecule has 0 aromatic heterocycles. The fraction of sp³-hybridized carbons (Fsp3) is 0.211. The second kappa shape index (κ2) is 8.59. The molecule has 140 valence electrons. The van der Waals surface area contributed by atoms with Crippen LogP contribution in [-0.2, 0) is 11.3 Å². The van der Waals surface area contributed by atoms with Gasteiger partial charge in [-0.25, -0.2) is 4.39 Å². The highest BCUT2D eigenvalue weighted by Gasteiger charge is 2.20. The lowest BCUT2D eigenvalue weighted by Gasteiger charge is -2.15. The van der Waals surface area contributed by atoms with E-state index < -0.39 is 0 Å². The molecule has 1 heterocycles. The summed E-state index contributed by atoms with van der Waals surface area (Å²) in [6, 6.07) is 12.7. The lowest BCUT2D eigenvalue weighted by molar-refractivity contribution is -0.128. The fourth-order valence-electron chi connectivity index (χ4n) is 2.73. The first-order valence-electron chi connectivity index (χ1n) is 8.51. The zero-order valence-electron chi connectivity index (χ0n) is 14.5. The van der Waals surface area contributed by atoms with Gasteiger partial charge in [-0.15, -0.1) is 0 Å². The maximum atomic E-state index is 12.9. The molecular weight excluding hydrogens is 367 g/mol. The fourth-order valence-corrected chi connectivity index (χ4v) is 2.90. The summed E-state index contributed by atoms with van der Waals surface area (Å²) in [4.78, 5) is 25.7. The molecule has 3 N–H and O–H groups in total. The maximum Gasteiger partial charge on any atom is 0.269 e. The zero-order chi connectivity index (χ0) is 19.2. The van der Waals surface area contributed by atoms with Crippen molar-refractivity contribution in [3.8, 4) is 0 Å². The Morgan fingerprint density at radius 2 is 1.78 bits per heavy atom. The average Bonchev–Trinajstić information content (AvgIpc) is 3.07. The minimum atomic E-state index is -0.345. The Morgan fingerprint density at radius 3 is 2.41 bits per heavy atom. The standard InChI is InChI=1S/C19H19FN4O2S/c20-15-7-9-16(10-8-15)21-19(27)23-22-18(26)14-5-3-13(4-6-14)12-24-11-1-2-17(24)25/h3-10H,1-2,11-12H2,(H,22,26)(H2,21,23,27). The number of likely N-dealkylation sites (tertiary alicyclic amines) is 1. The number of anilines is 1. The summed E-state index contributed by atoms with van der Waals surface area (Å²) < 4.78 is 12.9. The molecule has 1 fully saturated rings. The highest BCUT2D eigenvalue weighted by molar-refractivity contribution is 7.80. The summed E-state index contributed by atoms with van der Waals surface area (Å²) in [6.45, 7) is 1.34. The van der Waals surface area contributed by atoms with Gasteiger partial charge in [-0.2, -0.15) is 0 Å². The molecule has 1 aliphatic rings. The van der Waals surface area contributed by atoms with E-state index in [9.17, 15) is 14.0 Å². The number of hydrogen-bond donors (Lipinski definition) is 3. The van der Waals surface area contributed by atoms with E-state index in [1.807, 2.05) is 17.0 Å². The van der Waals surface area contributed by atoms with Crippen molar-refractivity contribution in [2.75, 3.05) is 11.9 Å². The number of carbonyl (C=O) groups excluding carboxylic acids is 2. The number of nitrogens with one attached hydrogen (secondary N) is 3. The third-order valence-electron chi connectivity index (χ3n) is 4.15. The Bertz CT molecular complexity index is 840. The third kappa shape index (κ3) is 5.24. The third-order valence-corrected chi connectivity index (χ3v) is 4.36. The first kappa shape index (κ1) is 18.8. The quantitative estimate of drug-likeness (QED) is 0.556. The van der Waals surface area contributed by atoms with Crippen molar-refractivity contribution in [3.05, 3.63) is 65.5 Å². The largest absolute Gasteiger partial charge is 0.338 e. The van der Waals surface area contributed by atoms with Gasteiger partial charge in [0.1, 0.15) is 5.82 Å². The van der Waals surface area contributed by atoms with E-state index in [2.05, 4.69) is 16.2 Å². The van der Waals surface area contributed by atoms with Gasteiger partial charge in [-0.1, -0.05) is 12.1 Å². The molecule has 2 amide bonds. The van der Waals surface area contributed by atoms with Crippen LogP contribution in [0.5, 0.6) is 0 Å². The molecule has 0 aliphatic carbocycles. The molecule has 0 spiro atoms. The lowest BCUT2D eigenvalue weighted by atomic mass is 10.1. The van der Waals surface area contributed by atoms with E-state index >= 15 is 0 Å². The minimum Gasteiger partial charge on any atom is -0.338 e. The van der Waals surface area contributed by atoms with Crippen LogP contribution in [0.25, 0.3) is 0 Å². The lowest BCUT2D eigenvalue weighted by Crippen LogP contribution is -2.43. The van der Waals surface area contributed by atoms with Crippen LogP contribution in [0.3, 0.4) is 0 Å². The maximum absolute atomic E-state index is 12.9. The monoisotopic (exact) mass is 386 g/mol. The van der Waals surface area contributed by atoms with Crippen molar-refractivity contribution in [1.29, 1.82) is 0 Å². The summed E-state index contributed by atoms with van der Waals surface area (Å²) in [5.41, 5.74) is 7.13. The Morgan fingerprint density at radius 1 is 1.07 bits per heavy atom. The van der Waals surface area contributed by atoms with Gasteiger partial charge in [0.15, 0.2) is 5.11 Å². The van der Waals surface area contributed by atoms with E-state index in [4.69, 9.17) is 12.2 Å². The molecule has 0 saturated carbocycles. The predicted octanol–water partition coefficient (Wildman–Crippen LogP) is 2.58. The zero-order valence-corrected chi connectivity index (χ0v) is 15.3. The first-order valence-corrected chi connectivity index (χ1v) is 8.92. The summed E-state index contributed by atoms with van der Waals surface area (Å²) >= 11 is 5.08. The van der Waals surface area contributed by atoms with Crippen molar-refractivity contribution in [1.82, 2.24) is 15.8 Å². The van der Waals surface area contributed by atoms with E-state index in [0.29, 0.717) is 24.2 Å². The Balaban J connectivity index is 1.48. The van der Waals surface area contributed by atoms with Crippen LogP contribution in [0.4, 0.5) is 10.1 Å². The van der Waals surface area contributed by atoms with Crippen molar-refractivity contribution in [2.24, 2.45) is 0 Å². The molecular formula is C19H19FN4O2S. The van der Waals surface area contributed by atoms with Crippen LogP contribution in [0.1, 0.15) is 28.8 Å². The Labute approximate surface area is 161 Å². The average molecular weight is 386 g/mol. The number of thiocarbonyl (C=S) groups is 1. The molecule has 0 radical (unpaired) electrons. The minimum absolute atomic E-state index is 0.170. The summed E-state index contributed by atoms with van der Waals surface area (Å²) in [7, 11) is 0. The van der Waals surface area contributed by atoms with Crippen LogP contribution in [-0.4, -0.2) is 28.4 Å². The molecule has 2 aromatic rings. The Kier molecular flexibility index (Phi) is 5.97. The number of hydrazine groups is 1. The number of nitrogens with zero attached hydrogens (tertiary/aromatic N) is 1. The predicted molar refractivity (Wildman–Crippen MR) is 104 cm³/mol. The molecule has 2 aromatic carbocycles. The van der Waals surface area contributed by atoms with Crippen molar-refractivity contribution < 1.29 is 14.0 Å². The van der Waals surface area contributed by atoms with E-state index in [1.165, 1.54) is 24.3 Å². The molecule has 3 rings (SSSR count). The summed E-state index contributed by atoms with van der Waals surface area (Å²) in [5.74, 6) is -0.518. The number of amides is 2. The van der Waals surface area contributed by atoms with Crippen molar-refractivity contribution in [3.63, 3.8) is 0 Å². The van der Waals surface area contributed by atoms with Crippen LogP contribution >= 0.6 is 12.2 Å². The van der Waals surface area contributed by atoms with E-state index in [-0.39, 0.29) is 22.7 Å². The second-order valence-corrected chi connectivity index (χ2v) is 6.56. The molecule has 1 saturated heterocycles. The molecule has 8 heteroatoms. The highest BCUT2D eigenvalue weighted by atomic mass is 32.1. The molecule has 0 atom stereocenters. The van der Waals surface area contributed by atoms with Crippen LogP contribution in [0.15, 0.2) is 48.5 Å². The van der Waals surface area contributed by atoms with Crippen LogP contribution < -0.4 is 16.2 Å². The van der Waals surface area contributed by atoms with Gasteiger partial charge in [0.2, 0.25) is 5.91 Å². The van der Waals surface area contributed by atoms with E-state index in [0.717, 1.165) is 18.5 Å². The SMILES string of the molecule is O=C(NNC(=S)Nc1ccc(F)cc1)c1ccc(CN2CCCC2=O)cc1. The van der Waals surface area contributed by atoms with Gasteiger partial charge in [0.05, 0.1) is 0 Å². The molecule has 1 aliphatic heterocycles. The smallest absolute Gasteiger partial charge is 0.269 e. The summed E-state index contributed by atoms with van der Waals surface area (Å²) in [6.07, 6.45) is 1.51. The highest BCUT2D eigenvalue weighted by Crippen LogP contribution is 2.14. The number of rotatable bonds is 4. The summed E-state index contributed by atoms with van der Waals surface area (Å²) in [5, 5.41) is 3.01. The number of benzene rings is 2. The van der Waals surface area contributed by atoms with Crippen molar-refractivity contribution in [2.45, 2.75) is 19.4 Å². The van der Waals surface area contributed by atoms with Gasteiger partial charge >= 0.3 is 0 Å². The number of hydrogen-bond acceptors (Lipinski definition) is 3. The molecule has 0 unspecified atom stereocenters. The Hall–Kier alpha value is -3.00. The normalized spacial score (nSPS) is 13.4. The molecule has 6 nitrogen and oxygen atoms in total. The van der Waals surface area contributed by atoms with Gasteiger partial charge in [0.25, 0.3) is 5.91 Å². The second-order valence-electron chi connectivity index (χ2n) is 6.16. The van der Waals surface area contributed by atoms with Gasteiger partial charge < -0.3 is 10.2 Å². The van der Waals surface area contributed by atoms with Gasteiger partial charge in [0, 0.05) is 30.8 Å². The topological polar surface area (TPSA) is 73.5 Å². The number of halogens is 1. The first-order chi connectivity index (χ1) is 13.0. The van der Waals surface area contributed by atoms with Crippen molar-refractivity contribution >= 4 is 34.8 Å². The van der Waals surface area contributed by atoms with E-state index in [1.54, 1.807) is 12.1 Å². The molecule has 27 heavy (non-hydrogen) atoms. The van der Waals surface area contributed by atoms with Crippen LogP contribution in [0, 0.1) is 5.82 Å².